The van der Waals surface area contributed by atoms with Gasteiger partial charge in [0.25, 0.3) is 0 Å². The van der Waals surface area contributed by atoms with E-state index < -0.39 is 5.97 Å². The van der Waals surface area contributed by atoms with Gasteiger partial charge in [0.1, 0.15) is 18.1 Å². The second-order valence-electron chi connectivity index (χ2n) is 4.65. The highest BCUT2D eigenvalue weighted by Gasteiger charge is 2.18. The fraction of sp³-hybridized carbons (Fsp3) is 0.200. The van der Waals surface area contributed by atoms with Crippen LogP contribution in [-0.2, 0) is 13.0 Å². The molecule has 1 aromatic heterocycles. The second-order valence-corrected chi connectivity index (χ2v) is 5.57. The van der Waals surface area contributed by atoms with E-state index in [1.165, 1.54) is 18.5 Å². The van der Waals surface area contributed by atoms with Crippen molar-refractivity contribution < 1.29 is 19.4 Å². The largest absolute Gasteiger partial charge is 0.493 e. The molecule has 0 amide bonds. The zero-order valence-electron chi connectivity index (χ0n) is 11.0. The average molecular weight is 350 g/mol. The van der Waals surface area contributed by atoms with Gasteiger partial charge in [0.15, 0.2) is 0 Å². The Morgan fingerprint density at radius 3 is 3.05 bits per heavy atom. The first-order chi connectivity index (χ1) is 10.1. The fourth-order valence-corrected chi connectivity index (χ4v) is 2.78. The van der Waals surface area contributed by atoms with E-state index in [0.29, 0.717) is 19.0 Å². The summed E-state index contributed by atoms with van der Waals surface area (Å²) in [4.78, 5) is 14.8. The third-order valence-electron chi connectivity index (χ3n) is 3.18. The first-order valence-corrected chi connectivity index (χ1v) is 7.18. The lowest BCUT2D eigenvalue weighted by atomic mass is 10.1. The van der Waals surface area contributed by atoms with Crippen LogP contribution in [0.15, 0.2) is 35.1 Å². The van der Waals surface area contributed by atoms with Crippen LogP contribution in [-0.4, -0.2) is 22.7 Å². The van der Waals surface area contributed by atoms with Crippen LogP contribution in [0.3, 0.4) is 0 Å². The summed E-state index contributed by atoms with van der Waals surface area (Å²) in [6.07, 6.45) is 3.67. The molecule has 0 unspecified atom stereocenters. The number of fused-ring (bicyclic) bond motifs is 1. The molecule has 1 N–H and O–H groups in total. The fourth-order valence-electron chi connectivity index (χ4n) is 2.23. The van der Waals surface area contributed by atoms with E-state index in [1.807, 2.05) is 12.1 Å². The van der Waals surface area contributed by atoms with Crippen molar-refractivity contribution in [3.8, 4) is 11.5 Å². The van der Waals surface area contributed by atoms with Gasteiger partial charge >= 0.3 is 5.97 Å². The van der Waals surface area contributed by atoms with Gasteiger partial charge in [-0.05, 0) is 23.8 Å². The van der Waals surface area contributed by atoms with E-state index >= 15 is 0 Å². The van der Waals surface area contributed by atoms with E-state index in [-0.39, 0.29) is 5.56 Å². The van der Waals surface area contributed by atoms with E-state index in [1.54, 1.807) is 0 Å². The molecule has 0 radical (unpaired) electrons. The maximum Gasteiger partial charge on any atom is 0.337 e. The van der Waals surface area contributed by atoms with Gasteiger partial charge in [0, 0.05) is 22.7 Å². The molecule has 0 fully saturated rings. The molecule has 21 heavy (non-hydrogen) atoms. The summed E-state index contributed by atoms with van der Waals surface area (Å²) >= 11 is 3.47. The molecule has 0 atom stereocenters. The number of ether oxygens (including phenoxy) is 2. The third kappa shape index (κ3) is 3.00. The lowest BCUT2D eigenvalue weighted by Crippen LogP contribution is -2.01. The van der Waals surface area contributed by atoms with E-state index in [0.717, 1.165) is 27.8 Å². The molecule has 0 bridgehead atoms. The molecule has 1 aromatic carbocycles. The summed E-state index contributed by atoms with van der Waals surface area (Å²) in [5.74, 6) is 0.252. The number of carbonyl (C=O) groups is 1. The summed E-state index contributed by atoms with van der Waals surface area (Å²) in [5.41, 5.74) is 2.18. The van der Waals surface area contributed by atoms with Gasteiger partial charge in [-0.2, -0.15) is 0 Å². The molecule has 1 aliphatic heterocycles. The Morgan fingerprint density at radius 1 is 1.38 bits per heavy atom. The molecule has 1 aliphatic rings. The highest BCUT2D eigenvalue weighted by atomic mass is 79.9. The van der Waals surface area contributed by atoms with Gasteiger partial charge in [-0.15, -0.1) is 0 Å². The van der Waals surface area contributed by atoms with Crippen molar-refractivity contribution >= 4 is 21.9 Å². The van der Waals surface area contributed by atoms with Gasteiger partial charge in [-0.3, -0.25) is 4.98 Å². The van der Waals surface area contributed by atoms with Gasteiger partial charge < -0.3 is 14.6 Å². The topological polar surface area (TPSA) is 68.7 Å². The van der Waals surface area contributed by atoms with Crippen LogP contribution >= 0.6 is 15.9 Å². The summed E-state index contributed by atoms with van der Waals surface area (Å²) in [6.45, 7) is 0.974. The maximum atomic E-state index is 10.9. The van der Waals surface area contributed by atoms with Crippen molar-refractivity contribution in [1.82, 2.24) is 4.98 Å². The second kappa shape index (κ2) is 5.73. The predicted molar refractivity (Wildman–Crippen MR) is 78.9 cm³/mol. The molecule has 0 saturated carbocycles. The Hall–Kier alpha value is -2.08. The van der Waals surface area contributed by atoms with E-state index in [4.69, 9.17) is 14.6 Å². The molecule has 0 saturated heterocycles. The van der Waals surface area contributed by atoms with Gasteiger partial charge in [0.2, 0.25) is 0 Å². The minimum atomic E-state index is -1.03. The number of pyridine rings is 1. The standard InChI is InChI=1S/C15H12BrNO4/c16-12-3-9-1-2-20-14(9)11(4-12)8-21-13-5-10(15(18)19)6-17-7-13/h3-7H,1-2,8H2,(H,18,19). The Kier molecular flexibility index (Phi) is 3.79. The molecule has 3 rings (SSSR count). The lowest BCUT2D eigenvalue weighted by Gasteiger charge is -2.11. The van der Waals surface area contributed by atoms with E-state index in [2.05, 4.69) is 20.9 Å². The van der Waals surface area contributed by atoms with Gasteiger partial charge in [-0.1, -0.05) is 15.9 Å². The number of aromatic carboxylic acids is 1. The Balaban J connectivity index is 1.79. The van der Waals surface area contributed by atoms with Gasteiger partial charge in [-0.25, -0.2) is 4.79 Å². The van der Waals surface area contributed by atoms with Crippen LogP contribution in [0.25, 0.3) is 0 Å². The van der Waals surface area contributed by atoms with Crippen LogP contribution in [0.4, 0.5) is 0 Å². The maximum absolute atomic E-state index is 10.9. The van der Waals surface area contributed by atoms with Crippen molar-refractivity contribution in [2.24, 2.45) is 0 Å². The smallest absolute Gasteiger partial charge is 0.337 e. The monoisotopic (exact) mass is 349 g/mol. The van der Waals surface area contributed by atoms with Crippen molar-refractivity contribution in [2.75, 3.05) is 6.61 Å². The number of benzene rings is 1. The van der Waals surface area contributed by atoms with Crippen molar-refractivity contribution in [2.45, 2.75) is 13.0 Å². The highest BCUT2D eigenvalue weighted by Crippen LogP contribution is 2.33. The number of halogens is 1. The normalized spacial score (nSPS) is 12.6. The number of carboxylic acids is 1. The number of rotatable bonds is 4. The number of aromatic nitrogens is 1. The molecule has 5 nitrogen and oxygen atoms in total. The molecular formula is C15H12BrNO4. The molecule has 6 heteroatoms. The Labute approximate surface area is 129 Å². The number of hydrogen-bond acceptors (Lipinski definition) is 4. The molecule has 2 heterocycles. The first kappa shape index (κ1) is 13.9. The molecule has 0 aliphatic carbocycles. The molecule has 0 spiro atoms. The summed E-state index contributed by atoms with van der Waals surface area (Å²) in [6, 6.07) is 5.44. The predicted octanol–water partition coefficient (Wildman–Crippen LogP) is 3.06. The van der Waals surface area contributed by atoms with Crippen molar-refractivity contribution in [1.29, 1.82) is 0 Å². The summed E-state index contributed by atoms with van der Waals surface area (Å²) in [5, 5.41) is 8.94. The Bertz CT molecular complexity index is 702. The zero-order chi connectivity index (χ0) is 14.8. The van der Waals surface area contributed by atoms with Crippen molar-refractivity contribution in [3.63, 3.8) is 0 Å². The number of hydrogen-bond donors (Lipinski definition) is 1. The molecular weight excluding hydrogens is 338 g/mol. The minimum Gasteiger partial charge on any atom is -0.493 e. The van der Waals surface area contributed by atoms with Crippen LogP contribution < -0.4 is 9.47 Å². The number of nitrogens with zero attached hydrogens (tertiary/aromatic N) is 1. The lowest BCUT2D eigenvalue weighted by molar-refractivity contribution is 0.0696. The van der Waals surface area contributed by atoms with E-state index in [9.17, 15) is 4.79 Å². The minimum absolute atomic E-state index is 0.100. The quantitative estimate of drug-likeness (QED) is 0.918. The highest BCUT2D eigenvalue weighted by molar-refractivity contribution is 9.10. The molecule has 2 aromatic rings. The molecule has 108 valence electrons. The van der Waals surface area contributed by atoms with Gasteiger partial charge in [0.05, 0.1) is 18.4 Å². The third-order valence-corrected chi connectivity index (χ3v) is 3.64. The van der Waals surface area contributed by atoms with Crippen LogP contribution in [0.1, 0.15) is 21.5 Å². The van der Waals surface area contributed by atoms with Crippen LogP contribution in [0, 0.1) is 0 Å². The zero-order valence-corrected chi connectivity index (χ0v) is 12.6. The van der Waals surface area contributed by atoms with Crippen LogP contribution in [0.5, 0.6) is 11.5 Å². The summed E-state index contributed by atoms with van der Waals surface area (Å²) in [7, 11) is 0. The average Bonchev–Trinajstić information content (AvgIpc) is 2.93. The summed E-state index contributed by atoms with van der Waals surface area (Å²) < 4.78 is 12.2. The van der Waals surface area contributed by atoms with Crippen molar-refractivity contribution in [3.05, 3.63) is 51.8 Å². The van der Waals surface area contributed by atoms with Crippen LogP contribution in [0.2, 0.25) is 0 Å². The first-order valence-electron chi connectivity index (χ1n) is 6.39. The Morgan fingerprint density at radius 2 is 2.24 bits per heavy atom. The SMILES string of the molecule is O=C(O)c1cncc(OCc2cc(Br)cc3c2OCC3)c1. The number of carboxylic acid groups (broad SMARTS) is 1.